The maximum absolute atomic E-state index is 11.9. The molecule has 1 fully saturated rings. The van der Waals surface area contributed by atoms with Crippen molar-refractivity contribution < 1.29 is 9.53 Å². The number of rotatable bonds is 4. The lowest BCUT2D eigenvalue weighted by atomic mass is 9.89. The summed E-state index contributed by atoms with van der Waals surface area (Å²) in [5, 5.41) is 7.30. The minimum Gasteiger partial charge on any atom is -0.465 e. The smallest absolute Gasteiger partial charge is 0.338 e. The van der Waals surface area contributed by atoms with Crippen molar-refractivity contribution in [2.45, 2.75) is 38.1 Å². The summed E-state index contributed by atoms with van der Waals surface area (Å²) in [6.07, 6.45) is 8.03. The Kier molecular flexibility index (Phi) is 5.52. The number of esters is 1. The molecule has 1 aliphatic rings. The molecule has 2 aromatic rings. The maximum atomic E-state index is 11.9. The van der Waals surface area contributed by atoms with E-state index in [1.807, 2.05) is 31.3 Å². The van der Waals surface area contributed by atoms with Crippen LogP contribution >= 0.6 is 12.2 Å². The number of anilines is 1. The van der Waals surface area contributed by atoms with Crippen molar-refractivity contribution in [1.82, 2.24) is 10.3 Å². The summed E-state index contributed by atoms with van der Waals surface area (Å²) >= 11 is 5.58. The van der Waals surface area contributed by atoms with Gasteiger partial charge < -0.3 is 15.4 Å². The molecule has 0 saturated heterocycles. The lowest BCUT2D eigenvalue weighted by molar-refractivity contribution is 0.0600. The third kappa shape index (κ3) is 3.70. The number of hydrogen-bond donors (Lipinski definition) is 2. The molecule has 0 bridgehead atoms. The molecule has 1 aromatic heterocycles. The van der Waals surface area contributed by atoms with Crippen molar-refractivity contribution in [2.24, 2.45) is 0 Å². The van der Waals surface area contributed by atoms with Crippen molar-refractivity contribution >= 4 is 29.0 Å². The number of nitrogens with zero attached hydrogens (tertiary/aromatic N) is 1. The van der Waals surface area contributed by atoms with Gasteiger partial charge in [-0.2, -0.15) is 0 Å². The highest BCUT2D eigenvalue weighted by Gasteiger charge is 2.36. The first-order valence-electron chi connectivity index (χ1n) is 8.73. The van der Waals surface area contributed by atoms with E-state index >= 15 is 0 Å². The standard InChI is InChI=1S/C20H23N3O2S/c1-14-16(18(24)25-2)8-5-9-17(14)22-19(26)23-20(10-3-4-11-20)15-7-6-12-21-13-15/h5-9,12-13H,3-4,10-11H2,1-2H3,(H2,22,23,26). The Hall–Kier alpha value is -2.47. The molecule has 6 heteroatoms. The van der Waals surface area contributed by atoms with E-state index < -0.39 is 0 Å². The molecule has 0 spiro atoms. The van der Waals surface area contributed by atoms with Gasteiger partial charge in [-0.1, -0.05) is 25.0 Å². The Morgan fingerprint density at radius 2 is 2.00 bits per heavy atom. The lowest BCUT2D eigenvalue weighted by Crippen LogP contribution is -2.45. The first kappa shape index (κ1) is 18.3. The molecule has 0 radical (unpaired) electrons. The van der Waals surface area contributed by atoms with Crippen LogP contribution in [0.15, 0.2) is 42.7 Å². The fraction of sp³-hybridized carbons (Fsp3) is 0.350. The Bertz CT molecular complexity index is 802. The molecule has 26 heavy (non-hydrogen) atoms. The third-order valence-corrected chi connectivity index (χ3v) is 5.22. The third-order valence-electron chi connectivity index (χ3n) is 5.01. The van der Waals surface area contributed by atoms with Gasteiger partial charge in [0.15, 0.2) is 5.11 Å². The maximum Gasteiger partial charge on any atom is 0.338 e. The van der Waals surface area contributed by atoms with Crippen molar-refractivity contribution in [3.05, 3.63) is 59.4 Å². The largest absolute Gasteiger partial charge is 0.465 e. The molecule has 0 aliphatic heterocycles. The van der Waals surface area contributed by atoms with Crippen molar-refractivity contribution in [3.8, 4) is 0 Å². The van der Waals surface area contributed by atoms with Crippen molar-refractivity contribution in [2.75, 3.05) is 12.4 Å². The van der Waals surface area contributed by atoms with Gasteiger partial charge in [0.1, 0.15) is 0 Å². The van der Waals surface area contributed by atoms with Crippen LogP contribution in [-0.4, -0.2) is 23.2 Å². The second-order valence-corrected chi connectivity index (χ2v) is 6.99. The number of nitrogens with one attached hydrogen (secondary N) is 2. The molecule has 1 aromatic carbocycles. The van der Waals surface area contributed by atoms with Crippen molar-refractivity contribution in [3.63, 3.8) is 0 Å². The Morgan fingerprint density at radius 1 is 1.23 bits per heavy atom. The number of carbonyl (C=O) groups is 1. The summed E-state index contributed by atoms with van der Waals surface area (Å²) in [5.74, 6) is -0.354. The van der Waals surface area contributed by atoms with E-state index in [0.29, 0.717) is 10.7 Å². The first-order chi connectivity index (χ1) is 12.6. The quantitative estimate of drug-likeness (QED) is 0.629. The summed E-state index contributed by atoms with van der Waals surface area (Å²) in [6.45, 7) is 1.88. The highest BCUT2D eigenvalue weighted by atomic mass is 32.1. The van der Waals surface area contributed by atoms with E-state index in [4.69, 9.17) is 17.0 Å². The SMILES string of the molecule is COC(=O)c1cccc(NC(=S)NC2(c3cccnc3)CCCC2)c1C. The number of methoxy groups -OCH3 is 1. The minimum atomic E-state index is -0.354. The van der Waals surface area contributed by atoms with Crippen LogP contribution < -0.4 is 10.6 Å². The summed E-state index contributed by atoms with van der Waals surface area (Å²) in [7, 11) is 1.38. The molecule has 2 N–H and O–H groups in total. The molecule has 0 unspecified atom stereocenters. The van der Waals surface area contributed by atoms with Crippen molar-refractivity contribution in [1.29, 1.82) is 0 Å². The van der Waals surface area contributed by atoms with Gasteiger partial charge in [-0.25, -0.2) is 4.79 Å². The van der Waals surface area contributed by atoms with E-state index in [1.54, 1.807) is 12.3 Å². The van der Waals surface area contributed by atoms with E-state index in [9.17, 15) is 4.79 Å². The average Bonchev–Trinajstić information content (AvgIpc) is 3.13. The zero-order chi connectivity index (χ0) is 18.6. The predicted molar refractivity (Wildman–Crippen MR) is 106 cm³/mol. The topological polar surface area (TPSA) is 63.2 Å². The molecule has 136 valence electrons. The second kappa shape index (κ2) is 7.83. The highest BCUT2D eigenvalue weighted by Crippen LogP contribution is 2.38. The second-order valence-electron chi connectivity index (χ2n) is 6.58. The molecule has 5 nitrogen and oxygen atoms in total. The average molecular weight is 369 g/mol. The van der Waals surface area contributed by atoms with E-state index in [1.165, 1.54) is 7.11 Å². The Morgan fingerprint density at radius 3 is 2.65 bits per heavy atom. The van der Waals surface area contributed by atoms with Crippen LogP contribution in [0.5, 0.6) is 0 Å². The molecular formula is C20H23N3O2S. The summed E-state index contributed by atoms with van der Waals surface area (Å²) in [4.78, 5) is 16.1. The molecule has 1 saturated carbocycles. The lowest BCUT2D eigenvalue weighted by Gasteiger charge is -2.32. The minimum absolute atomic E-state index is 0.188. The molecule has 0 amide bonds. The monoisotopic (exact) mass is 369 g/mol. The van der Waals surface area contributed by atoms with Crippen LogP contribution in [0, 0.1) is 6.92 Å². The van der Waals surface area contributed by atoms with Crippen LogP contribution in [-0.2, 0) is 10.3 Å². The number of pyridine rings is 1. The number of aromatic nitrogens is 1. The fourth-order valence-electron chi connectivity index (χ4n) is 3.58. The number of hydrogen-bond acceptors (Lipinski definition) is 4. The van der Waals surface area contributed by atoms with Gasteiger partial charge in [0.05, 0.1) is 18.2 Å². The number of ether oxygens (including phenoxy) is 1. The fourth-order valence-corrected chi connectivity index (χ4v) is 3.89. The van der Waals surface area contributed by atoms with Crippen LogP contribution in [0.2, 0.25) is 0 Å². The van der Waals surface area contributed by atoms with Gasteiger partial charge in [-0.05, 0) is 61.3 Å². The summed E-state index contributed by atoms with van der Waals surface area (Å²) in [6, 6.07) is 9.52. The van der Waals surface area contributed by atoms with Crippen LogP contribution in [0.3, 0.4) is 0 Å². The zero-order valence-corrected chi connectivity index (χ0v) is 15.9. The van der Waals surface area contributed by atoms with Crippen LogP contribution in [0.4, 0.5) is 5.69 Å². The van der Waals surface area contributed by atoms with Gasteiger partial charge in [0.2, 0.25) is 0 Å². The Balaban J connectivity index is 1.79. The van der Waals surface area contributed by atoms with Gasteiger partial charge in [0.25, 0.3) is 0 Å². The zero-order valence-electron chi connectivity index (χ0n) is 15.0. The van der Waals surface area contributed by atoms with Gasteiger partial charge >= 0.3 is 5.97 Å². The van der Waals surface area contributed by atoms with Crippen LogP contribution in [0.1, 0.15) is 47.2 Å². The van der Waals surface area contributed by atoms with Gasteiger partial charge in [-0.3, -0.25) is 4.98 Å². The van der Waals surface area contributed by atoms with E-state index in [0.717, 1.165) is 42.5 Å². The molecule has 1 aliphatic carbocycles. The molecule has 1 heterocycles. The normalized spacial score (nSPS) is 15.3. The molecular weight excluding hydrogens is 346 g/mol. The predicted octanol–water partition coefficient (Wildman–Crippen LogP) is 3.93. The van der Waals surface area contributed by atoms with Crippen LogP contribution in [0.25, 0.3) is 0 Å². The van der Waals surface area contributed by atoms with Gasteiger partial charge in [0, 0.05) is 18.1 Å². The summed E-state index contributed by atoms with van der Waals surface area (Å²) < 4.78 is 4.84. The number of carbonyl (C=O) groups excluding carboxylic acids is 1. The first-order valence-corrected chi connectivity index (χ1v) is 9.14. The number of benzene rings is 1. The molecule has 0 atom stereocenters. The summed E-state index contributed by atoms with van der Waals surface area (Å²) in [5.41, 5.74) is 3.10. The highest BCUT2D eigenvalue weighted by molar-refractivity contribution is 7.80. The Labute approximate surface area is 159 Å². The van der Waals surface area contributed by atoms with Gasteiger partial charge in [-0.15, -0.1) is 0 Å². The van der Waals surface area contributed by atoms with E-state index in [-0.39, 0.29) is 11.5 Å². The number of thiocarbonyl (C=S) groups is 1. The molecule has 3 rings (SSSR count). The van der Waals surface area contributed by atoms with E-state index in [2.05, 4.69) is 21.7 Å².